The molecule has 1 saturated carbocycles. The molecule has 4 heteroatoms. The number of allylic oxidation sites excluding steroid dienone is 2. The lowest BCUT2D eigenvalue weighted by molar-refractivity contribution is -0.168. The second-order valence-electron chi connectivity index (χ2n) is 4.27. The van der Waals surface area contributed by atoms with Crippen molar-refractivity contribution in [3.05, 3.63) is 25.3 Å². The van der Waals surface area contributed by atoms with Crippen LogP contribution in [-0.2, 0) is 19.1 Å². The van der Waals surface area contributed by atoms with Gasteiger partial charge in [-0.1, -0.05) is 12.2 Å². The molecule has 0 unspecified atom stereocenters. The van der Waals surface area contributed by atoms with Gasteiger partial charge in [-0.05, 0) is 24.7 Å². The van der Waals surface area contributed by atoms with Crippen LogP contribution in [0, 0.1) is 17.3 Å². The molecule has 0 spiro atoms. The van der Waals surface area contributed by atoms with Crippen molar-refractivity contribution in [1.29, 1.82) is 0 Å². The van der Waals surface area contributed by atoms with Gasteiger partial charge in [-0.25, -0.2) is 0 Å². The van der Waals surface area contributed by atoms with Crippen molar-refractivity contribution in [2.45, 2.75) is 12.8 Å². The van der Waals surface area contributed by atoms with E-state index < -0.39 is 17.4 Å². The number of carbonyl (C=O) groups excluding carboxylic acids is 2. The summed E-state index contributed by atoms with van der Waals surface area (Å²) in [6, 6.07) is 0. The van der Waals surface area contributed by atoms with Crippen molar-refractivity contribution in [1.82, 2.24) is 0 Å². The minimum absolute atomic E-state index is 0.0469. The van der Waals surface area contributed by atoms with E-state index in [0.717, 1.165) is 0 Å². The Kier molecular flexibility index (Phi) is 4.10. The first-order valence-corrected chi connectivity index (χ1v) is 5.47. The third-order valence-electron chi connectivity index (χ3n) is 3.48. The Labute approximate surface area is 101 Å². The Balaban J connectivity index is 3.10. The number of carbonyl (C=O) groups is 2. The monoisotopic (exact) mass is 238 g/mol. The highest BCUT2D eigenvalue weighted by molar-refractivity contribution is 6.00. The van der Waals surface area contributed by atoms with Crippen LogP contribution in [0.1, 0.15) is 12.8 Å². The average Bonchev–Trinajstić information content (AvgIpc) is 2.76. The number of hydrogen-bond donors (Lipinski definition) is 0. The molecule has 94 valence electrons. The summed E-state index contributed by atoms with van der Waals surface area (Å²) in [5.41, 5.74) is -1.21. The lowest BCUT2D eigenvalue weighted by Gasteiger charge is -2.22. The van der Waals surface area contributed by atoms with E-state index >= 15 is 0 Å². The first-order chi connectivity index (χ1) is 8.05. The molecule has 1 aliphatic rings. The molecular weight excluding hydrogens is 220 g/mol. The van der Waals surface area contributed by atoms with Crippen molar-refractivity contribution in [3.63, 3.8) is 0 Å². The maximum Gasteiger partial charge on any atom is 0.323 e. The zero-order chi connectivity index (χ0) is 13.1. The Morgan fingerprint density at radius 2 is 1.41 bits per heavy atom. The number of esters is 2. The third-order valence-corrected chi connectivity index (χ3v) is 3.48. The molecule has 1 fully saturated rings. The van der Waals surface area contributed by atoms with Gasteiger partial charge in [-0.3, -0.25) is 9.59 Å². The molecule has 1 aliphatic carbocycles. The molecule has 0 bridgehead atoms. The zero-order valence-corrected chi connectivity index (χ0v) is 10.3. The maximum absolute atomic E-state index is 11.9. The minimum Gasteiger partial charge on any atom is -0.468 e. The molecule has 0 N–H and O–H groups in total. The van der Waals surface area contributed by atoms with Crippen LogP contribution in [0.2, 0.25) is 0 Å². The largest absolute Gasteiger partial charge is 0.468 e. The Hall–Kier alpha value is -1.58. The van der Waals surface area contributed by atoms with Crippen molar-refractivity contribution >= 4 is 11.9 Å². The first kappa shape index (κ1) is 13.5. The van der Waals surface area contributed by atoms with Crippen LogP contribution in [0.15, 0.2) is 25.3 Å². The maximum atomic E-state index is 11.9. The van der Waals surface area contributed by atoms with E-state index in [1.807, 2.05) is 0 Å². The first-order valence-electron chi connectivity index (χ1n) is 5.47. The molecule has 2 atom stereocenters. The van der Waals surface area contributed by atoms with E-state index in [-0.39, 0.29) is 11.8 Å². The van der Waals surface area contributed by atoms with E-state index in [4.69, 9.17) is 9.47 Å². The van der Waals surface area contributed by atoms with Gasteiger partial charge in [0.2, 0.25) is 0 Å². The average molecular weight is 238 g/mol. The van der Waals surface area contributed by atoms with Gasteiger partial charge in [0.15, 0.2) is 5.41 Å². The number of ether oxygens (including phenoxy) is 2. The van der Waals surface area contributed by atoms with Crippen LogP contribution >= 0.6 is 0 Å². The summed E-state index contributed by atoms with van der Waals surface area (Å²) in [6.07, 6.45) is 4.24. The number of methoxy groups -OCH3 is 2. The zero-order valence-electron chi connectivity index (χ0n) is 10.3. The second kappa shape index (κ2) is 5.17. The van der Waals surface area contributed by atoms with Crippen molar-refractivity contribution in [3.8, 4) is 0 Å². The summed E-state index contributed by atoms with van der Waals surface area (Å²) in [4.78, 5) is 23.7. The Morgan fingerprint density at radius 3 is 1.65 bits per heavy atom. The fourth-order valence-electron chi connectivity index (χ4n) is 2.51. The molecule has 0 heterocycles. The summed E-state index contributed by atoms with van der Waals surface area (Å²) in [5, 5.41) is 0. The summed E-state index contributed by atoms with van der Waals surface area (Å²) < 4.78 is 9.48. The summed E-state index contributed by atoms with van der Waals surface area (Å²) in [6.45, 7) is 7.45. The van der Waals surface area contributed by atoms with Crippen LogP contribution in [0.3, 0.4) is 0 Å². The van der Waals surface area contributed by atoms with Gasteiger partial charge in [-0.15, -0.1) is 13.2 Å². The summed E-state index contributed by atoms with van der Waals surface area (Å²) in [5.74, 6) is -0.988. The highest BCUT2D eigenvalue weighted by atomic mass is 16.5. The fourth-order valence-corrected chi connectivity index (χ4v) is 2.51. The lowest BCUT2D eigenvalue weighted by Crippen LogP contribution is -2.39. The second-order valence-corrected chi connectivity index (χ2v) is 4.27. The number of hydrogen-bond acceptors (Lipinski definition) is 4. The number of rotatable bonds is 4. The van der Waals surface area contributed by atoms with Crippen LogP contribution in [0.4, 0.5) is 0 Å². The molecule has 0 saturated heterocycles. The van der Waals surface area contributed by atoms with Gasteiger partial charge in [0.05, 0.1) is 14.2 Å². The van der Waals surface area contributed by atoms with Gasteiger partial charge in [0.1, 0.15) is 0 Å². The van der Waals surface area contributed by atoms with Crippen molar-refractivity contribution in [2.75, 3.05) is 14.2 Å². The van der Waals surface area contributed by atoms with E-state index in [0.29, 0.717) is 12.8 Å². The van der Waals surface area contributed by atoms with E-state index in [9.17, 15) is 9.59 Å². The predicted octanol–water partition coefficient (Wildman–Crippen LogP) is 1.72. The smallest absolute Gasteiger partial charge is 0.323 e. The van der Waals surface area contributed by atoms with Gasteiger partial charge < -0.3 is 9.47 Å². The SMILES string of the molecule is C=C[C@H]1CC(C(=O)OC)(C(=O)OC)C[C@@H]1C=C. The highest BCUT2D eigenvalue weighted by Gasteiger charge is 2.55. The molecular formula is C13H18O4. The molecule has 0 amide bonds. The molecule has 4 nitrogen and oxygen atoms in total. The predicted molar refractivity (Wildman–Crippen MR) is 63.1 cm³/mol. The summed E-state index contributed by atoms with van der Waals surface area (Å²) in [7, 11) is 2.55. The van der Waals surface area contributed by atoms with Crippen molar-refractivity contribution < 1.29 is 19.1 Å². The van der Waals surface area contributed by atoms with Crippen LogP contribution in [0.5, 0.6) is 0 Å². The highest BCUT2D eigenvalue weighted by Crippen LogP contribution is 2.48. The normalized spacial score (nSPS) is 26.0. The topological polar surface area (TPSA) is 52.6 Å². The minimum atomic E-state index is -1.21. The van der Waals surface area contributed by atoms with Crippen LogP contribution in [0.25, 0.3) is 0 Å². The van der Waals surface area contributed by atoms with Gasteiger partial charge in [0, 0.05) is 0 Å². The molecule has 0 aromatic rings. The fraction of sp³-hybridized carbons (Fsp3) is 0.538. The van der Waals surface area contributed by atoms with E-state index in [1.165, 1.54) is 14.2 Å². The molecule has 0 aromatic carbocycles. The van der Waals surface area contributed by atoms with Crippen molar-refractivity contribution in [2.24, 2.45) is 17.3 Å². The van der Waals surface area contributed by atoms with Crippen LogP contribution < -0.4 is 0 Å². The summed E-state index contributed by atoms with van der Waals surface area (Å²) >= 11 is 0. The Morgan fingerprint density at radius 1 is 1.06 bits per heavy atom. The Bertz CT molecular complexity index is 311. The molecule has 0 aliphatic heterocycles. The van der Waals surface area contributed by atoms with Gasteiger partial charge in [0.25, 0.3) is 0 Å². The van der Waals surface area contributed by atoms with Gasteiger partial charge >= 0.3 is 11.9 Å². The third kappa shape index (κ3) is 2.12. The lowest BCUT2D eigenvalue weighted by atomic mass is 9.85. The standard InChI is InChI=1S/C13H18O4/c1-5-9-7-13(11(14)16-3,12(15)17-4)8-10(9)6-2/h5-6,9-10H,1-2,7-8H2,3-4H3/t9-,10-/m0/s1. The quantitative estimate of drug-likeness (QED) is 0.425. The van der Waals surface area contributed by atoms with Crippen LogP contribution in [-0.4, -0.2) is 26.2 Å². The molecule has 0 aromatic heterocycles. The molecule has 17 heavy (non-hydrogen) atoms. The molecule has 1 rings (SSSR count). The van der Waals surface area contributed by atoms with Gasteiger partial charge in [-0.2, -0.15) is 0 Å². The van der Waals surface area contributed by atoms with E-state index in [2.05, 4.69) is 13.2 Å². The van der Waals surface area contributed by atoms with E-state index in [1.54, 1.807) is 12.2 Å². The molecule has 0 radical (unpaired) electrons.